The smallest absolute Gasteiger partial charge is 0.308 e. The van der Waals surface area contributed by atoms with E-state index >= 15 is 0 Å². The number of carbonyl (C=O) groups is 2. The Kier molecular flexibility index (Phi) is 4.13. The molecule has 0 aliphatic carbocycles. The normalized spacial score (nSPS) is 20.7. The molecule has 3 rings (SSSR count). The third-order valence-corrected chi connectivity index (χ3v) is 4.21. The zero-order valence-electron chi connectivity index (χ0n) is 12.3. The summed E-state index contributed by atoms with van der Waals surface area (Å²) in [6, 6.07) is 5.88. The maximum Gasteiger partial charge on any atom is 0.308 e. The number of nitrogens with zero attached hydrogens (tertiary/aromatic N) is 1. The lowest BCUT2D eigenvalue weighted by atomic mass is 9.98. The summed E-state index contributed by atoms with van der Waals surface area (Å²) < 4.78 is 5.45. The summed E-state index contributed by atoms with van der Waals surface area (Å²) in [6.45, 7) is 1.65. The molecule has 2 aliphatic heterocycles. The molecule has 2 aliphatic rings. The second-order valence-corrected chi connectivity index (χ2v) is 5.76. The first-order valence-electron chi connectivity index (χ1n) is 7.59. The molecule has 1 N–H and O–H groups in total. The number of hydrogen-bond acceptors (Lipinski definition) is 3. The molecule has 1 saturated heterocycles. The summed E-state index contributed by atoms with van der Waals surface area (Å²) in [6.07, 6.45) is 5.60. The van der Waals surface area contributed by atoms with Crippen LogP contribution in [-0.2, 0) is 16.0 Å². The van der Waals surface area contributed by atoms with E-state index < -0.39 is 11.9 Å². The summed E-state index contributed by atoms with van der Waals surface area (Å²) in [7, 11) is 0. The van der Waals surface area contributed by atoms with Gasteiger partial charge in [0.2, 0.25) is 5.91 Å². The van der Waals surface area contributed by atoms with E-state index in [1.807, 2.05) is 18.2 Å². The largest absolute Gasteiger partial charge is 0.493 e. The highest BCUT2D eigenvalue weighted by molar-refractivity contribution is 5.92. The SMILES string of the molecule is O=C(O)[C@@H]1CCCN(C(=O)/C=C/c2ccc3c(c2)CCO3)C1. The number of ether oxygens (including phenoxy) is 1. The summed E-state index contributed by atoms with van der Waals surface area (Å²) in [4.78, 5) is 24.9. The Balaban J connectivity index is 1.64. The molecule has 5 nitrogen and oxygen atoms in total. The van der Waals surface area contributed by atoms with Crippen LogP contribution in [0.15, 0.2) is 24.3 Å². The average molecular weight is 301 g/mol. The topological polar surface area (TPSA) is 66.8 Å². The first kappa shape index (κ1) is 14.6. The predicted molar refractivity (Wildman–Crippen MR) is 81.6 cm³/mol. The number of carbonyl (C=O) groups excluding carboxylic acids is 1. The minimum atomic E-state index is -0.819. The van der Waals surface area contributed by atoms with E-state index in [4.69, 9.17) is 9.84 Å². The minimum absolute atomic E-state index is 0.123. The molecule has 2 heterocycles. The second kappa shape index (κ2) is 6.22. The van der Waals surface area contributed by atoms with Crippen LogP contribution in [0.2, 0.25) is 0 Å². The number of aliphatic carboxylic acids is 1. The molecule has 0 saturated carbocycles. The van der Waals surface area contributed by atoms with Crippen LogP contribution in [0.25, 0.3) is 6.08 Å². The fourth-order valence-corrected chi connectivity index (χ4v) is 2.96. The van der Waals surface area contributed by atoms with Crippen LogP contribution in [0.3, 0.4) is 0 Å². The number of hydrogen-bond donors (Lipinski definition) is 1. The lowest BCUT2D eigenvalue weighted by molar-refractivity contribution is -0.144. The summed E-state index contributed by atoms with van der Waals surface area (Å²) in [5.74, 6) is -0.463. The third kappa shape index (κ3) is 3.13. The van der Waals surface area contributed by atoms with Crippen LogP contribution in [0, 0.1) is 5.92 Å². The van der Waals surface area contributed by atoms with E-state index in [1.165, 1.54) is 11.6 Å². The number of rotatable bonds is 3. The zero-order chi connectivity index (χ0) is 15.5. The Morgan fingerprint density at radius 3 is 3.05 bits per heavy atom. The summed E-state index contributed by atoms with van der Waals surface area (Å²) in [5.41, 5.74) is 2.13. The molecule has 1 aromatic rings. The van der Waals surface area contributed by atoms with Gasteiger partial charge in [0, 0.05) is 25.6 Å². The van der Waals surface area contributed by atoms with E-state index in [0.29, 0.717) is 26.1 Å². The molecule has 1 aromatic carbocycles. The Morgan fingerprint density at radius 1 is 1.36 bits per heavy atom. The minimum Gasteiger partial charge on any atom is -0.493 e. The van der Waals surface area contributed by atoms with Gasteiger partial charge in [0.25, 0.3) is 0 Å². The van der Waals surface area contributed by atoms with Gasteiger partial charge in [-0.1, -0.05) is 6.07 Å². The van der Waals surface area contributed by atoms with Gasteiger partial charge >= 0.3 is 5.97 Å². The second-order valence-electron chi connectivity index (χ2n) is 5.76. The Labute approximate surface area is 129 Å². The van der Waals surface area contributed by atoms with Crippen molar-refractivity contribution < 1.29 is 19.4 Å². The number of benzene rings is 1. The average Bonchev–Trinajstić information content (AvgIpc) is 3.00. The van der Waals surface area contributed by atoms with E-state index in [2.05, 4.69) is 0 Å². The third-order valence-electron chi connectivity index (χ3n) is 4.21. The number of carboxylic acids is 1. The molecule has 1 fully saturated rings. The van der Waals surface area contributed by atoms with Crippen molar-refractivity contribution in [3.8, 4) is 5.75 Å². The fraction of sp³-hybridized carbons (Fsp3) is 0.412. The van der Waals surface area contributed by atoms with Crippen molar-refractivity contribution in [3.05, 3.63) is 35.4 Å². The molecule has 0 unspecified atom stereocenters. The lowest BCUT2D eigenvalue weighted by Crippen LogP contribution is -2.41. The maximum atomic E-state index is 12.2. The standard InChI is InChI=1S/C17H19NO4/c19-16(18-8-1-2-14(11-18)17(20)21)6-4-12-3-5-15-13(10-12)7-9-22-15/h3-6,10,14H,1-2,7-9,11H2,(H,20,21)/b6-4+/t14-/m1/s1. The van der Waals surface area contributed by atoms with Crippen LogP contribution in [0.1, 0.15) is 24.0 Å². The number of carboxylic acid groups (broad SMARTS) is 1. The summed E-state index contributed by atoms with van der Waals surface area (Å²) >= 11 is 0. The van der Waals surface area contributed by atoms with Crippen LogP contribution in [-0.4, -0.2) is 41.6 Å². The van der Waals surface area contributed by atoms with Gasteiger partial charge in [0.05, 0.1) is 12.5 Å². The molecular formula is C17H19NO4. The summed E-state index contributed by atoms with van der Waals surface area (Å²) in [5, 5.41) is 9.07. The lowest BCUT2D eigenvalue weighted by Gasteiger charge is -2.29. The quantitative estimate of drug-likeness (QED) is 0.867. The van der Waals surface area contributed by atoms with Gasteiger partial charge in [-0.15, -0.1) is 0 Å². The van der Waals surface area contributed by atoms with Gasteiger partial charge in [0.15, 0.2) is 0 Å². The van der Waals surface area contributed by atoms with Crippen LogP contribution in [0.5, 0.6) is 5.75 Å². The van der Waals surface area contributed by atoms with Crippen LogP contribution >= 0.6 is 0 Å². The highest BCUT2D eigenvalue weighted by atomic mass is 16.5. The van der Waals surface area contributed by atoms with Crippen molar-refractivity contribution in [2.24, 2.45) is 5.92 Å². The molecule has 5 heteroatoms. The van der Waals surface area contributed by atoms with Crippen molar-refractivity contribution in [1.29, 1.82) is 0 Å². The van der Waals surface area contributed by atoms with E-state index in [1.54, 1.807) is 11.0 Å². The molecule has 0 spiro atoms. The van der Waals surface area contributed by atoms with Crippen molar-refractivity contribution in [1.82, 2.24) is 4.90 Å². The van der Waals surface area contributed by atoms with Crippen molar-refractivity contribution >= 4 is 18.0 Å². The Bertz CT molecular complexity index is 623. The van der Waals surface area contributed by atoms with Gasteiger partial charge in [-0.05, 0) is 42.2 Å². The molecule has 0 radical (unpaired) electrons. The van der Waals surface area contributed by atoms with Gasteiger partial charge in [-0.3, -0.25) is 9.59 Å². The molecule has 22 heavy (non-hydrogen) atoms. The van der Waals surface area contributed by atoms with Crippen molar-refractivity contribution in [2.75, 3.05) is 19.7 Å². The maximum absolute atomic E-state index is 12.2. The first-order valence-corrected chi connectivity index (χ1v) is 7.59. The molecule has 0 aromatic heterocycles. The molecule has 1 atom stereocenters. The van der Waals surface area contributed by atoms with Gasteiger partial charge in [0.1, 0.15) is 5.75 Å². The predicted octanol–water partition coefficient (Wildman–Crippen LogP) is 1.96. The Hall–Kier alpha value is -2.30. The first-order chi connectivity index (χ1) is 10.6. The van der Waals surface area contributed by atoms with Crippen LogP contribution in [0.4, 0.5) is 0 Å². The zero-order valence-corrected chi connectivity index (χ0v) is 12.3. The van der Waals surface area contributed by atoms with Gasteiger partial charge in [-0.25, -0.2) is 0 Å². The highest BCUT2D eigenvalue weighted by Crippen LogP contribution is 2.26. The molecular weight excluding hydrogens is 282 g/mol. The molecule has 116 valence electrons. The monoisotopic (exact) mass is 301 g/mol. The van der Waals surface area contributed by atoms with Crippen molar-refractivity contribution in [2.45, 2.75) is 19.3 Å². The van der Waals surface area contributed by atoms with Gasteiger partial charge < -0.3 is 14.7 Å². The number of amides is 1. The van der Waals surface area contributed by atoms with E-state index in [0.717, 1.165) is 24.2 Å². The number of piperidine rings is 1. The highest BCUT2D eigenvalue weighted by Gasteiger charge is 2.27. The fourth-order valence-electron chi connectivity index (χ4n) is 2.96. The van der Waals surface area contributed by atoms with Crippen LogP contribution < -0.4 is 4.74 Å². The van der Waals surface area contributed by atoms with E-state index in [-0.39, 0.29) is 5.91 Å². The van der Waals surface area contributed by atoms with E-state index in [9.17, 15) is 9.59 Å². The number of fused-ring (bicyclic) bond motifs is 1. The van der Waals surface area contributed by atoms with Gasteiger partial charge in [-0.2, -0.15) is 0 Å². The number of likely N-dealkylation sites (tertiary alicyclic amines) is 1. The van der Waals surface area contributed by atoms with Crippen molar-refractivity contribution in [3.63, 3.8) is 0 Å². The molecule has 1 amide bonds. The Morgan fingerprint density at radius 2 is 2.23 bits per heavy atom. The molecule has 0 bridgehead atoms.